The summed E-state index contributed by atoms with van der Waals surface area (Å²) in [6.45, 7) is -0.0673. The van der Waals surface area contributed by atoms with Gasteiger partial charge in [-0.2, -0.15) is 0 Å². The van der Waals surface area contributed by atoms with Crippen LogP contribution in [0.1, 0.15) is 16.8 Å². The maximum Gasteiger partial charge on any atom is 0.335 e. The van der Waals surface area contributed by atoms with Crippen LogP contribution in [0.3, 0.4) is 0 Å². The number of amides is 3. The second-order valence-electron chi connectivity index (χ2n) is 4.35. The van der Waals surface area contributed by atoms with E-state index >= 15 is 0 Å². The summed E-state index contributed by atoms with van der Waals surface area (Å²) < 4.78 is 0. The summed E-state index contributed by atoms with van der Waals surface area (Å²) in [5.74, 6) is -1.45. The molecular formula is C13H14N2O5. The topological polar surface area (TPSA) is 98.2 Å². The lowest BCUT2D eigenvalue weighted by atomic mass is 10.2. The molecule has 1 saturated heterocycles. The van der Waals surface area contributed by atoms with Gasteiger partial charge in [0.15, 0.2) is 0 Å². The Morgan fingerprint density at radius 1 is 1.30 bits per heavy atom. The zero-order chi connectivity index (χ0) is 14.7. The number of rotatable bonds is 5. The molecule has 3 amide bonds. The number of carboxylic acids is 1. The molecule has 1 heterocycles. The van der Waals surface area contributed by atoms with Crippen LogP contribution in [-0.4, -0.2) is 52.7 Å². The van der Waals surface area contributed by atoms with E-state index in [0.717, 1.165) is 4.90 Å². The van der Waals surface area contributed by atoms with Crippen LogP contribution in [0, 0.1) is 0 Å². The zero-order valence-electron chi connectivity index (χ0n) is 10.7. The number of urea groups is 1. The average molecular weight is 278 g/mol. The van der Waals surface area contributed by atoms with Gasteiger partial charge < -0.3 is 10.2 Å². The summed E-state index contributed by atoms with van der Waals surface area (Å²) in [6, 6.07) is 5.37. The maximum absolute atomic E-state index is 12.1. The van der Waals surface area contributed by atoms with Gasteiger partial charge in [0.05, 0.1) is 5.56 Å². The first-order valence-corrected chi connectivity index (χ1v) is 6.10. The van der Waals surface area contributed by atoms with Gasteiger partial charge in [-0.25, -0.2) is 9.59 Å². The van der Waals surface area contributed by atoms with E-state index in [0.29, 0.717) is 12.1 Å². The van der Waals surface area contributed by atoms with Gasteiger partial charge in [0.1, 0.15) is 6.54 Å². The molecule has 1 aliphatic heterocycles. The van der Waals surface area contributed by atoms with Crippen molar-refractivity contribution >= 4 is 23.6 Å². The van der Waals surface area contributed by atoms with E-state index in [1.54, 1.807) is 6.07 Å². The molecule has 0 bridgehead atoms. The van der Waals surface area contributed by atoms with Gasteiger partial charge in [0.2, 0.25) is 0 Å². The fourth-order valence-corrected chi connectivity index (χ4v) is 2.00. The Labute approximate surface area is 115 Å². The van der Waals surface area contributed by atoms with Gasteiger partial charge >= 0.3 is 12.0 Å². The minimum atomic E-state index is -1.10. The van der Waals surface area contributed by atoms with Crippen molar-refractivity contribution in [2.45, 2.75) is 6.42 Å². The quantitative estimate of drug-likeness (QED) is 0.766. The van der Waals surface area contributed by atoms with Crippen molar-refractivity contribution in [3.63, 3.8) is 0 Å². The van der Waals surface area contributed by atoms with Crippen LogP contribution in [0.15, 0.2) is 24.3 Å². The molecule has 0 radical (unpaired) electrons. The SMILES string of the molecule is O=C(O)c1cccc(N2CC(=O)N(CCCO)C2=O)c1. The molecular weight excluding hydrogens is 264 g/mol. The van der Waals surface area contributed by atoms with E-state index < -0.39 is 12.0 Å². The predicted molar refractivity (Wildman–Crippen MR) is 69.6 cm³/mol. The monoisotopic (exact) mass is 278 g/mol. The Balaban J connectivity index is 2.22. The molecule has 1 aromatic carbocycles. The van der Waals surface area contributed by atoms with E-state index in [2.05, 4.69) is 0 Å². The van der Waals surface area contributed by atoms with Crippen LogP contribution >= 0.6 is 0 Å². The molecule has 1 fully saturated rings. The van der Waals surface area contributed by atoms with Gasteiger partial charge in [-0.05, 0) is 24.6 Å². The van der Waals surface area contributed by atoms with E-state index in [9.17, 15) is 14.4 Å². The minimum Gasteiger partial charge on any atom is -0.478 e. The second kappa shape index (κ2) is 5.70. The first-order valence-electron chi connectivity index (χ1n) is 6.10. The van der Waals surface area contributed by atoms with E-state index in [-0.39, 0.29) is 31.2 Å². The smallest absolute Gasteiger partial charge is 0.335 e. The van der Waals surface area contributed by atoms with Crippen LogP contribution in [0.2, 0.25) is 0 Å². The zero-order valence-corrected chi connectivity index (χ0v) is 10.7. The Kier molecular flexibility index (Phi) is 3.99. The number of imide groups is 1. The van der Waals surface area contributed by atoms with Crippen molar-refractivity contribution in [1.29, 1.82) is 0 Å². The third kappa shape index (κ3) is 2.62. The summed E-state index contributed by atoms with van der Waals surface area (Å²) in [4.78, 5) is 37.1. The van der Waals surface area contributed by atoms with Crippen molar-refractivity contribution in [1.82, 2.24) is 4.90 Å². The molecule has 1 aromatic rings. The first-order chi connectivity index (χ1) is 9.54. The molecule has 0 unspecified atom stereocenters. The van der Waals surface area contributed by atoms with Crippen molar-refractivity contribution in [3.05, 3.63) is 29.8 Å². The number of carbonyl (C=O) groups excluding carboxylic acids is 2. The molecule has 0 spiro atoms. The number of benzene rings is 1. The van der Waals surface area contributed by atoms with Crippen molar-refractivity contribution in [2.75, 3.05) is 24.6 Å². The lowest BCUT2D eigenvalue weighted by Crippen LogP contribution is -2.34. The maximum atomic E-state index is 12.1. The molecule has 2 N–H and O–H groups in total. The molecule has 1 aliphatic rings. The number of aliphatic hydroxyl groups is 1. The fraction of sp³-hybridized carbons (Fsp3) is 0.308. The number of hydrogen-bond acceptors (Lipinski definition) is 4. The van der Waals surface area contributed by atoms with Gasteiger partial charge in [-0.1, -0.05) is 6.07 Å². The molecule has 7 nitrogen and oxygen atoms in total. The highest BCUT2D eigenvalue weighted by molar-refractivity contribution is 6.12. The molecule has 2 rings (SSSR count). The third-order valence-electron chi connectivity index (χ3n) is 3.00. The standard InChI is InChI=1S/C13H14N2O5/c16-6-2-5-14-11(17)8-15(13(14)20)10-4-1-3-9(7-10)12(18)19/h1,3-4,7,16H,2,5-6,8H2,(H,18,19). The highest BCUT2D eigenvalue weighted by Gasteiger charge is 2.36. The molecule has 7 heteroatoms. The summed E-state index contributed by atoms with van der Waals surface area (Å²) in [5.41, 5.74) is 0.423. The normalized spacial score (nSPS) is 15.1. The Bertz CT molecular complexity index is 557. The third-order valence-corrected chi connectivity index (χ3v) is 3.00. The average Bonchev–Trinajstić information content (AvgIpc) is 2.72. The Morgan fingerprint density at radius 3 is 2.70 bits per heavy atom. The van der Waals surface area contributed by atoms with Crippen molar-refractivity contribution in [3.8, 4) is 0 Å². The largest absolute Gasteiger partial charge is 0.478 e. The molecule has 0 aromatic heterocycles. The molecule has 106 valence electrons. The molecule has 20 heavy (non-hydrogen) atoms. The van der Waals surface area contributed by atoms with Crippen LogP contribution in [0.25, 0.3) is 0 Å². The van der Waals surface area contributed by atoms with E-state index in [1.807, 2.05) is 0 Å². The minimum absolute atomic E-state index is 0.0524. The van der Waals surface area contributed by atoms with Crippen LogP contribution in [-0.2, 0) is 4.79 Å². The Morgan fingerprint density at radius 2 is 2.05 bits per heavy atom. The van der Waals surface area contributed by atoms with Gasteiger partial charge in [-0.15, -0.1) is 0 Å². The molecule has 0 saturated carbocycles. The molecule has 0 atom stereocenters. The van der Waals surface area contributed by atoms with E-state index in [1.165, 1.54) is 23.1 Å². The lowest BCUT2D eigenvalue weighted by molar-refractivity contribution is -0.124. The van der Waals surface area contributed by atoms with Crippen LogP contribution < -0.4 is 4.90 Å². The summed E-state index contributed by atoms with van der Waals surface area (Å²) in [5, 5.41) is 17.7. The van der Waals surface area contributed by atoms with Crippen molar-refractivity contribution in [2.24, 2.45) is 0 Å². The fourth-order valence-electron chi connectivity index (χ4n) is 2.00. The number of hydrogen-bond donors (Lipinski definition) is 2. The number of aromatic carboxylic acids is 1. The second-order valence-corrected chi connectivity index (χ2v) is 4.35. The van der Waals surface area contributed by atoms with Gasteiger partial charge in [-0.3, -0.25) is 14.6 Å². The number of nitrogens with zero attached hydrogens (tertiary/aromatic N) is 2. The Hall–Kier alpha value is -2.41. The predicted octanol–water partition coefficient (Wildman–Crippen LogP) is 0.536. The summed E-state index contributed by atoms with van der Waals surface area (Å²) >= 11 is 0. The van der Waals surface area contributed by atoms with E-state index in [4.69, 9.17) is 10.2 Å². The summed E-state index contributed by atoms with van der Waals surface area (Å²) in [6.07, 6.45) is 0.320. The number of aliphatic hydroxyl groups excluding tert-OH is 1. The number of carboxylic acid groups (broad SMARTS) is 1. The van der Waals surface area contributed by atoms with Crippen molar-refractivity contribution < 1.29 is 24.6 Å². The number of carbonyl (C=O) groups is 3. The highest BCUT2D eigenvalue weighted by atomic mass is 16.4. The van der Waals surface area contributed by atoms with Crippen LogP contribution in [0.4, 0.5) is 10.5 Å². The number of anilines is 1. The van der Waals surface area contributed by atoms with Crippen LogP contribution in [0.5, 0.6) is 0 Å². The van der Waals surface area contributed by atoms with Gasteiger partial charge in [0, 0.05) is 18.8 Å². The molecule has 0 aliphatic carbocycles. The van der Waals surface area contributed by atoms with Gasteiger partial charge in [0.25, 0.3) is 5.91 Å². The summed E-state index contributed by atoms with van der Waals surface area (Å²) in [7, 11) is 0. The first kappa shape index (κ1) is 14.0. The lowest BCUT2D eigenvalue weighted by Gasteiger charge is -2.17. The highest BCUT2D eigenvalue weighted by Crippen LogP contribution is 2.22.